The first-order valence-corrected chi connectivity index (χ1v) is 8.54. The van der Waals surface area contributed by atoms with Crippen molar-refractivity contribution < 1.29 is 4.79 Å². The number of alkyl halides is 1. The first-order valence-electron chi connectivity index (χ1n) is 8.01. The monoisotopic (exact) mass is 340 g/mol. The fraction of sp³-hybridized carbons (Fsp3) is 0.278. The Kier molecular flexibility index (Phi) is 3.94. The molecule has 0 saturated carbocycles. The smallest absolute Gasteiger partial charge is 0.274 e. The number of hydrogen-bond acceptors (Lipinski definition) is 3. The normalized spacial score (nSPS) is 14.0. The molecule has 1 aromatic carbocycles. The van der Waals surface area contributed by atoms with Crippen LogP contribution in [-0.4, -0.2) is 37.8 Å². The fourth-order valence-electron chi connectivity index (χ4n) is 3.09. The molecule has 122 valence electrons. The molecule has 0 saturated heterocycles. The van der Waals surface area contributed by atoms with Crippen molar-refractivity contribution in [1.82, 2.24) is 19.5 Å². The molecule has 1 aliphatic heterocycles. The van der Waals surface area contributed by atoms with Gasteiger partial charge in [-0.05, 0) is 29.5 Å². The van der Waals surface area contributed by atoms with Gasteiger partial charge < -0.3 is 4.90 Å². The number of aryl methyl sites for hydroxylation is 1. The third-order valence-electron chi connectivity index (χ3n) is 4.39. The summed E-state index contributed by atoms with van der Waals surface area (Å²) in [5, 5.41) is 4.41. The van der Waals surface area contributed by atoms with E-state index in [1.807, 2.05) is 23.2 Å². The standard InChI is InChI=1S/C18H17ClN4O/c19-7-5-13-10-20-17-9-16(21-23(17)11-13)18(24)22-8-6-14-3-1-2-4-15(14)12-22/h1-4,9-11H,5-8,12H2. The summed E-state index contributed by atoms with van der Waals surface area (Å²) < 4.78 is 1.66. The molecule has 1 aliphatic rings. The van der Waals surface area contributed by atoms with E-state index in [1.165, 1.54) is 11.1 Å². The first kappa shape index (κ1) is 15.1. The van der Waals surface area contributed by atoms with Crippen molar-refractivity contribution in [3.63, 3.8) is 0 Å². The van der Waals surface area contributed by atoms with Gasteiger partial charge in [0.15, 0.2) is 11.3 Å². The summed E-state index contributed by atoms with van der Waals surface area (Å²) in [7, 11) is 0. The van der Waals surface area contributed by atoms with Crippen LogP contribution in [0, 0.1) is 0 Å². The zero-order valence-corrected chi connectivity index (χ0v) is 13.9. The van der Waals surface area contributed by atoms with Crippen LogP contribution in [0.4, 0.5) is 0 Å². The van der Waals surface area contributed by atoms with Crippen molar-refractivity contribution in [2.75, 3.05) is 12.4 Å². The molecule has 1 amide bonds. The van der Waals surface area contributed by atoms with Gasteiger partial charge in [0.25, 0.3) is 5.91 Å². The van der Waals surface area contributed by atoms with Gasteiger partial charge in [-0.3, -0.25) is 4.79 Å². The van der Waals surface area contributed by atoms with Crippen LogP contribution in [0.1, 0.15) is 27.2 Å². The lowest BCUT2D eigenvalue weighted by Crippen LogP contribution is -2.36. The van der Waals surface area contributed by atoms with Crippen LogP contribution in [0.5, 0.6) is 0 Å². The maximum Gasteiger partial charge on any atom is 0.274 e. The largest absolute Gasteiger partial charge is 0.333 e. The number of amides is 1. The molecule has 0 aliphatic carbocycles. The average Bonchev–Trinajstić information content (AvgIpc) is 3.04. The molecule has 0 N–H and O–H groups in total. The Balaban J connectivity index is 1.59. The second-order valence-corrected chi connectivity index (χ2v) is 6.36. The topological polar surface area (TPSA) is 50.5 Å². The lowest BCUT2D eigenvalue weighted by molar-refractivity contribution is 0.0728. The van der Waals surface area contributed by atoms with Crippen LogP contribution in [0.15, 0.2) is 42.7 Å². The minimum atomic E-state index is -0.0473. The van der Waals surface area contributed by atoms with E-state index in [2.05, 4.69) is 22.2 Å². The van der Waals surface area contributed by atoms with E-state index >= 15 is 0 Å². The third kappa shape index (κ3) is 2.76. The summed E-state index contributed by atoms with van der Waals surface area (Å²) in [6.45, 7) is 1.35. The number of nitrogens with zero attached hydrogens (tertiary/aromatic N) is 4. The van der Waals surface area contributed by atoms with Gasteiger partial charge in [-0.2, -0.15) is 5.10 Å². The number of rotatable bonds is 3. The molecule has 0 atom stereocenters. The molecule has 0 spiro atoms. The second kappa shape index (κ2) is 6.24. The Bertz CT molecular complexity index is 905. The number of hydrogen-bond donors (Lipinski definition) is 0. The lowest BCUT2D eigenvalue weighted by atomic mass is 10.00. The van der Waals surface area contributed by atoms with E-state index in [9.17, 15) is 4.79 Å². The highest BCUT2D eigenvalue weighted by Gasteiger charge is 2.23. The quantitative estimate of drug-likeness (QED) is 0.689. The molecule has 0 fully saturated rings. The van der Waals surface area contributed by atoms with Gasteiger partial charge in [0, 0.05) is 37.4 Å². The Morgan fingerprint density at radius 1 is 1.25 bits per heavy atom. The lowest BCUT2D eigenvalue weighted by Gasteiger charge is -2.28. The maximum atomic E-state index is 12.8. The summed E-state index contributed by atoms with van der Waals surface area (Å²) in [6.07, 6.45) is 5.28. The zero-order chi connectivity index (χ0) is 16.5. The second-order valence-electron chi connectivity index (χ2n) is 5.98. The molecule has 4 rings (SSSR count). The van der Waals surface area contributed by atoms with Crippen LogP contribution in [0.3, 0.4) is 0 Å². The molecule has 3 aromatic rings. The highest BCUT2D eigenvalue weighted by molar-refractivity contribution is 6.17. The summed E-state index contributed by atoms with van der Waals surface area (Å²) in [5.41, 5.74) is 4.65. The van der Waals surface area contributed by atoms with Crippen molar-refractivity contribution in [2.45, 2.75) is 19.4 Å². The summed E-state index contributed by atoms with van der Waals surface area (Å²) >= 11 is 5.77. The predicted molar refractivity (Wildman–Crippen MR) is 92.3 cm³/mol. The number of carbonyl (C=O) groups excluding carboxylic acids is 1. The highest BCUT2D eigenvalue weighted by atomic mass is 35.5. The molecule has 3 heterocycles. The Labute approximate surface area is 144 Å². The minimum absolute atomic E-state index is 0.0473. The van der Waals surface area contributed by atoms with E-state index in [1.54, 1.807) is 16.8 Å². The van der Waals surface area contributed by atoms with Gasteiger partial charge in [-0.1, -0.05) is 24.3 Å². The SMILES string of the molecule is O=C(c1cc2ncc(CCCl)cn2n1)N1CCc2ccccc2C1. The van der Waals surface area contributed by atoms with Crippen LogP contribution in [-0.2, 0) is 19.4 Å². The number of carbonyl (C=O) groups is 1. The van der Waals surface area contributed by atoms with E-state index < -0.39 is 0 Å². The van der Waals surface area contributed by atoms with Gasteiger partial charge in [0.05, 0.1) is 0 Å². The van der Waals surface area contributed by atoms with Gasteiger partial charge in [-0.15, -0.1) is 11.6 Å². The number of halogens is 1. The van der Waals surface area contributed by atoms with E-state index in [0.717, 1.165) is 18.4 Å². The Morgan fingerprint density at radius 2 is 2.08 bits per heavy atom. The van der Waals surface area contributed by atoms with Gasteiger partial charge in [-0.25, -0.2) is 9.50 Å². The van der Waals surface area contributed by atoms with E-state index in [4.69, 9.17) is 11.6 Å². The fourth-order valence-corrected chi connectivity index (χ4v) is 3.31. The zero-order valence-electron chi connectivity index (χ0n) is 13.2. The third-order valence-corrected chi connectivity index (χ3v) is 4.58. The van der Waals surface area contributed by atoms with Crippen LogP contribution in [0.25, 0.3) is 5.65 Å². The Morgan fingerprint density at radius 3 is 2.92 bits per heavy atom. The van der Waals surface area contributed by atoms with Crippen LogP contribution in [0.2, 0.25) is 0 Å². The van der Waals surface area contributed by atoms with E-state index in [0.29, 0.717) is 30.3 Å². The van der Waals surface area contributed by atoms with Crippen molar-refractivity contribution in [1.29, 1.82) is 0 Å². The molecule has 2 aromatic heterocycles. The van der Waals surface area contributed by atoms with Crippen molar-refractivity contribution in [3.05, 3.63) is 65.1 Å². The molecule has 6 heteroatoms. The molecule has 0 radical (unpaired) electrons. The Hall–Kier alpha value is -2.40. The van der Waals surface area contributed by atoms with Crippen molar-refractivity contribution in [2.24, 2.45) is 0 Å². The summed E-state index contributed by atoms with van der Waals surface area (Å²) in [4.78, 5) is 19.0. The van der Waals surface area contributed by atoms with Crippen LogP contribution >= 0.6 is 11.6 Å². The molecular weight excluding hydrogens is 324 g/mol. The molecule has 24 heavy (non-hydrogen) atoms. The van der Waals surface area contributed by atoms with Gasteiger partial charge in [0.2, 0.25) is 0 Å². The van der Waals surface area contributed by atoms with E-state index in [-0.39, 0.29) is 5.91 Å². The maximum absolute atomic E-state index is 12.8. The molecule has 0 unspecified atom stereocenters. The highest BCUT2D eigenvalue weighted by Crippen LogP contribution is 2.20. The van der Waals surface area contributed by atoms with Crippen molar-refractivity contribution >= 4 is 23.2 Å². The average molecular weight is 341 g/mol. The molecule has 5 nitrogen and oxygen atoms in total. The van der Waals surface area contributed by atoms with Gasteiger partial charge in [0.1, 0.15) is 0 Å². The molecular formula is C18H17ClN4O. The number of benzene rings is 1. The van der Waals surface area contributed by atoms with Crippen molar-refractivity contribution in [3.8, 4) is 0 Å². The summed E-state index contributed by atoms with van der Waals surface area (Å²) in [6, 6.07) is 10.0. The first-order chi connectivity index (χ1) is 11.7. The molecule has 0 bridgehead atoms. The van der Waals surface area contributed by atoms with Crippen LogP contribution < -0.4 is 0 Å². The van der Waals surface area contributed by atoms with Gasteiger partial charge >= 0.3 is 0 Å². The minimum Gasteiger partial charge on any atom is -0.333 e. The predicted octanol–water partition coefficient (Wildman–Crippen LogP) is 2.71. The number of aromatic nitrogens is 3. The summed E-state index contributed by atoms with van der Waals surface area (Å²) in [5.74, 6) is 0.488. The number of fused-ring (bicyclic) bond motifs is 2.